The van der Waals surface area contributed by atoms with Crippen LogP contribution in [0, 0.1) is 0 Å². The lowest BCUT2D eigenvalue weighted by Crippen LogP contribution is -2.35. The van der Waals surface area contributed by atoms with E-state index in [1.807, 2.05) is 30.5 Å². The lowest BCUT2D eigenvalue weighted by molar-refractivity contribution is -0.117. The molecule has 5 rings (SSSR count). The number of hydrogen-bond donors (Lipinski definition) is 3. The molecule has 2 heterocycles. The second-order valence-corrected chi connectivity index (χ2v) is 11.8. The highest BCUT2D eigenvalue weighted by molar-refractivity contribution is 7.87. The molecule has 0 aliphatic heterocycles. The minimum absolute atomic E-state index is 0.0279. The summed E-state index contributed by atoms with van der Waals surface area (Å²) in [6, 6.07) is 21.4. The quantitative estimate of drug-likeness (QED) is 0.214. The third kappa shape index (κ3) is 5.78. The van der Waals surface area contributed by atoms with Gasteiger partial charge in [0.1, 0.15) is 11.4 Å². The third-order valence-electron chi connectivity index (χ3n) is 6.92. The first kappa shape index (κ1) is 28.7. The van der Waals surface area contributed by atoms with Gasteiger partial charge in [-0.2, -0.15) is 12.7 Å². The molecule has 0 unspecified atom stereocenters. The highest BCUT2D eigenvalue weighted by Crippen LogP contribution is 2.26. The molecule has 216 valence electrons. The fourth-order valence-corrected chi connectivity index (χ4v) is 5.66. The molecule has 5 aromatic rings. The first-order valence-corrected chi connectivity index (χ1v) is 14.6. The lowest BCUT2D eigenvalue weighted by Gasteiger charge is -2.13. The number of fused-ring (bicyclic) bond motifs is 2. The summed E-state index contributed by atoms with van der Waals surface area (Å²) in [5.74, 6) is -0.420. The topological polar surface area (TPSA) is 126 Å². The van der Waals surface area contributed by atoms with Gasteiger partial charge in [0.25, 0.3) is 11.8 Å². The van der Waals surface area contributed by atoms with Crippen molar-refractivity contribution in [3.63, 3.8) is 0 Å². The molecule has 3 aromatic carbocycles. The fourth-order valence-electron chi connectivity index (χ4n) is 4.65. The number of H-pyrrole nitrogens is 1. The lowest BCUT2D eigenvalue weighted by atomic mass is 10.1. The summed E-state index contributed by atoms with van der Waals surface area (Å²) < 4.78 is 33.5. The van der Waals surface area contributed by atoms with E-state index >= 15 is 0 Å². The van der Waals surface area contributed by atoms with E-state index in [9.17, 15) is 18.0 Å². The van der Waals surface area contributed by atoms with Gasteiger partial charge in [-0.25, -0.2) is 3.97 Å². The van der Waals surface area contributed by atoms with Gasteiger partial charge in [0.05, 0.1) is 12.6 Å². The molecule has 0 aliphatic carbocycles. The molecule has 0 spiro atoms. The summed E-state index contributed by atoms with van der Waals surface area (Å²) in [5, 5.41) is 7.29. The van der Waals surface area contributed by atoms with Crippen LogP contribution in [-0.4, -0.2) is 61.2 Å². The molecule has 2 amide bonds. The van der Waals surface area contributed by atoms with E-state index in [2.05, 4.69) is 15.6 Å². The third-order valence-corrected chi connectivity index (χ3v) is 8.64. The number of para-hydroxylation sites is 2. The molecule has 0 saturated heterocycles. The van der Waals surface area contributed by atoms with Crippen LogP contribution in [-0.2, 0) is 21.4 Å². The van der Waals surface area contributed by atoms with Crippen LogP contribution < -0.4 is 15.4 Å². The van der Waals surface area contributed by atoms with E-state index < -0.39 is 22.0 Å². The van der Waals surface area contributed by atoms with Crippen molar-refractivity contribution in [1.82, 2.24) is 23.9 Å². The largest absolute Gasteiger partial charge is 0.497 e. The minimum Gasteiger partial charge on any atom is -0.497 e. The monoisotopic (exact) mass is 585 g/mol. The van der Waals surface area contributed by atoms with Crippen LogP contribution in [0.25, 0.3) is 27.9 Å². The van der Waals surface area contributed by atoms with Crippen molar-refractivity contribution < 1.29 is 22.7 Å². The van der Waals surface area contributed by atoms with Gasteiger partial charge in [-0.1, -0.05) is 36.4 Å². The first-order valence-electron chi connectivity index (χ1n) is 13.2. The number of carbonyl (C=O) groups excluding carboxylic acids is 2. The van der Waals surface area contributed by atoms with Crippen molar-refractivity contribution in [3.05, 3.63) is 108 Å². The maximum Gasteiger partial charge on any atom is 0.307 e. The van der Waals surface area contributed by atoms with Gasteiger partial charge in [0.2, 0.25) is 0 Å². The SMILES string of the molecule is COc1ccc(C(=O)N/C(=C\c2cn(S(=O)(=O)N(C)C)c3ccccc23)C(=O)NCCc2c[nH]c3ccccc23)cc1. The molecule has 0 fully saturated rings. The average Bonchev–Trinajstić information content (AvgIpc) is 3.58. The Hall–Kier alpha value is -4.87. The summed E-state index contributed by atoms with van der Waals surface area (Å²) in [4.78, 5) is 29.9. The number of nitrogens with zero attached hydrogens (tertiary/aromatic N) is 2. The molecule has 0 bridgehead atoms. The molecule has 0 radical (unpaired) electrons. The Balaban J connectivity index is 1.47. The molecule has 2 aromatic heterocycles. The Labute approximate surface area is 243 Å². The van der Waals surface area contributed by atoms with E-state index in [0.717, 1.165) is 24.7 Å². The summed E-state index contributed by atoms with van der Waals surface area (Å²) >= 11 is 0. The van der Waals surface area contributed by atoms with Crippen LogP contribution in [0.15, 0.2) is 90.9 Å². The predicted molar refractivity (Wildman–Crippen MR) is 163 cm³/mol. The number of methoxy groups -OCH3 is 1. The van der Waals surface area contributed by atoms with Gasteiger partial charge in [-0.15, -0.1) is 0 Å². The second-order valence-electron chi connectivity index (χ2n) is 9.79. The highest BCUT2D eigenvalue weighted by Gasteiger charge is 2.22. The van der Waals surface area contributed by atoms with E-state index in [0.29, 0.717) is 40.7 Å². The normalized spacial score (nSPS) is 12.1. The summed E-state index contributed by atoms with van der Waals surface area (Å²) in [6.45, 7) is 0.313. The summed E-state index contributed by atoms with van der Waals surface area (Å²) in [6.07, 6.45) is 5.42. The molecule has 0 saturated carbocycles. The highest BCUT2D eigenvalue weighted by atomic mass is 32.2. The van der Waals surface area contributed by atoms with Gasteiger partial charge in [-0.05, 0) is 54.5 Å². The van der Waals surface area contributed by atoms with Crippen LogP contribution in [0.4, 0.5) is 0 Å². The Morgan fingerprint density at radius 1 is 0.976 bits per heavy atom. The first-order chi connectivity index (χ1) is 20.2. The van der Waals surface area contributed by atoms with Crippen LogP contribution >= 0.6 is 0 Å². The summed E-state index contributed by atoms with van der Waals surface area (Å²) in [5.41, 5.74) is 3.25. The number of aromatic amines is 1. The van der Waals surface area contributed by atoms with Crippen LogP contribution in [0.2, 0.25) is 0 Å². The van der Waals surface area contributed by atoms with E-state index in [1.54, 1.807) is 48.5 Å². The van der Waals surface area contributed by atoms with Crippen LogP contribution in [0.3, 0.4) is 0 Å². The number of amides is 2. The number of carbonyl (C=O) groups is 2. The van der Waals surface area contributed by atoms with Gasteiger partial charge in [-0.3, -0.25) is 9.59 Å². The number of hydrogen-bond acceptors (Lipinski definition) is 5. The number of ether oxygens (including phenoxy) is 1. The Kier molecular flexibility index (Phi) is 8.14. The van der Waals surface area contributed by atoms with Crippen molar-refractivity contribution in [3.8, 4) is 5.75 Å². The van der Waals surface area contributed by atoms with Gasteiger partial charge >= 0.3 is 10.2 Å². The molecule has 10 nitrogen and oxygen atoms in total. The second kappa shape index (κ2) is 11.9. The zero-order chi connectivity index (χ0) is 29.9. The van der Waals surface area contributed by atoms with Crippen molar-refractivity contribution in [1.29, 1.82) is 0 Å². The van der Waals surface area contributed by atoms with Crippen molar-refractivity contribution in [2.24, 2.45) is 0 Å². The standard InChI is InChI=1S/C31H31N5O5S/c1-35(2)42(39,40)36-20-23(26-9-5-7-11-29(26)36)18-28(34-30(37)21-12-14-24(41-3)15-13-21)31(38)32-17-16-22-19-33-27-10-6-4-8-25(22)27/h4-15,18-20,33H,16-17H2,1-3H3,(H,32,38)(H,34,37)/b28-18-. The average molecular weight is 586 g/mol. The zero-order valence-electron chi connectivity index (χ0n) is 23.4. The molecule has 3 N–H and O–H groups in total. The van der Waals surface area contributed by atoms with Crippen molar-refractivity contribution in [2.45, 2.75) is 6.42 Å². The molecule has 0 aliphatic rings. The Morgan fingerprint density at radius 2 is 1.67 bits per heavy atom. The van der Waals surface area contributed by atoms with Crippen molar-refractivity contribution in [2.75, 3.05) is 27.7 Å². The number of rotatable bonds is 10. The maximum atomic E-state index is 13.5. The van der Waals surface area contributed by atoms with E-state index in [4.69, 9.17) is 4.74 Å². The van der Waals surface area contributed by atoms with E-state index in [1.165, 1.54) is 33.5 Å². The molecular weight excluding hydrogens is 554 g/mol. The Bertz CT molecular complexity index is 1900. The van der Waals surface area contributed by atoms with Crippen LogP contribution in [0.5, 0.6) is 5.75 Å². The smallest absolute Gasteiger partial charge is 0.307 e. The molecular formula is C31H31N5O5S. The number of aromatic nitrogens is 2. The fraction of sp³-hybridized carbons (Fsp3) is 0.161. The minimum atomic E-state index is -3.85. The predicted octanol–water partition coefficient (Wildman–Crippen LogP) is 3.92. The van der Waals surface area contributed by atoms with Crippen LogP contribution in [0.1, 0.15) is 21.5 Å². The molecule has 11 heteroatoms. The van der Waals surface area contributed by atoms with Gasteiger partial charge < -0.3 is 20.4 Å². The molecule has 0 atom stereocenters. The summed E-state index contributed by atoms with van der Waals surface area (Å²) in [7, 11) is 0.572. The zero-order valence-corrected chi connectivity index (χ0v) is 24.2. The number of nitrogens with one attached hydrogen (secondary N) is 3. The Morgan fingerprint density at radius 3 is 2.38 bits per heavy atom. The van der Waals surface area contributed by atoms with Crippen molar-refractivity contribution >= 4 is 49.9 Å². The van der Waals surface area contributed by atoms with E-state index in [-0.39, 0.29) is 5.70 Å². The van der Waals surface area contributed by atoms with Gasteiger partial charge in [0, 0.05) is 60.4 Å². The van der Waals surface area contributed by atoms with Gasteiger partial charge in [0.15, 0.2) is 0 Å². The maximum absolute atomic E-state index is 13.5. The number of benzene rings is 3. The molecule has 42 heavy (non-hydrogen) atoms.